The van der Waals surface area contributed by atoms with Gasteiger partial charge in [-0.3, -0.25) is 4.79 Å². The molecule has 0 saturated carbocycles. The normalized spacial score (nSPS) is 14.4. The Hall–Kier alpha value is -3.11. The third kappa shape index (κ3) is 5.98. The lowest BCUT2D eigenvalue weighted by molar-refractivity contribution is -0.120. The molecule has 1 heterocycles. The van der Waals surface area contributed by atoms with E-state index in [4.69, 9.17) is 14.3 Å². The first kappa shape index (κ1) is 23.6. The lowest BCUT2D eigenvalue weighted by Crippen LogP contribution is -2.28. The van der Waals surface area contributed by atoms with E-state index in [2.05, 4.69) is 10.5 Å². The summed E-state index contributed by atoms with van der Waals surface area (Å²) >= 11 is 0. The number of carbonyl (C=O) groups excluding carboxylic acids is 1. The Morgan fingerprint density at radius 3 is 2.66 bits per heavy atom. The number of oxime groups is 1. The first-order chi connectivity index (χ1) is 15.4. The molecule has 2 aromatic carbocycles. The molecule has 1 amide bonds. The number of rotatable bonds is 10. The van der Waals surface area contributed by atoms with E-state index < -0.39 is 15.9 Å². The van der Waals surface area contributed by atoms with Gasteiger partial charge in [0.15, 0.2) is 18.1 Å². The second-order valence-electron chi connectivity index (χ2n) is 7.04. The van der Waals surface area contributed by atoms with Crippen molar-refractivity contribution in [3.63, 3.8) is 0 Å². The summed E-state index contributed by atoms with van der Waals surface area (Å²) in [7, 11) is -2.01. The van der Waals surface area contributed by atoms with Crippen LogP contribution in [0.4, 0.5) is 5.69 Å². The van der Waals surface area contributed by atoms with E-state index in [9.17, 15) is 13.2 Å². The van der Waals surface area contributed by atoms with E-state index in [1.807, 2.05) is 6.92 Å². The van der Waals surface area contributed by atoms with Gasteiger partial charge in [0.2, 0.25) is 10.0 Å². The summed E-state index contributed by atoms with van der Waals surface area (Å²) in [6.07, 6.45) is 3.17. The molecule has 1 N–H and O–H groups in total. The van der Waals surface area contributed by atoms with Gasteiger partial charge >= 0.3 is 0 Å². The third-order valence-corrected chi connectivity index (χ3v) is 6.67. The van der Waals surface area contributed by atoms with E-state index in [0.717, 1.165) is 12.8 Å². The lowest BCUT2D eigenvalue weighted by atomic mass is 10.2. The number of carbonyl (C=O) groups is 1. The van der Waals surface area contributed by atoms with Crippen molar-refractivity contribution >= 4 is 27.8 Å². The molecule has 1 fully saturated rings. The Morgan fingerprint density at radius 1 is 1.16 bits per heavy atom. The molecular formula is C22H27N3O6S. The molecule has 10 heteroatoms. The molecule has 1 aliphatic rings. The van der Waals surface area contributed by atoms with Gasteiger partial charge in [-0.1, -0.05) is 11.2 Å². The summed E-state index contributed by atoms with van der Waals surface area (Å²) in [5.74, 6) is 0.737. The summed E-state index contributed by atoms with van der Waals surface area (Å²) in [5, 5.41) is 6.42. The Balaban J connectivity index is 1.54. The van der Waals surface area contributed by atoms with Gasteiger partial charge in [-0.05, 0) is 56.2 Å². The predicted octanol–water partition coefficient (Wildman–Crippen LogP) is 2.87. The van der Waals surface area contributed by atoms with Crippen LogP contribution in [0.15, 0.2) is 52.5 Å². The van der Waals surface area contributed by atoms with Gasteiger partial charge in [-0.25, -0.2) is 8.42 Å². The minimum absolute atomic E-state index is 0.153. The van der Waals surface area contributed by atoms with Crippen molar-refractivity contribution < 1.29 is 27.5 Å². The zero-order valence-electron chi connectivity index (χ0n) is 18.1. The number of nitrogens with one attached hydrogen (secondary N) is 1. The van der Waals surface area contributed by atoms with Gasteiger partial charge in [0, 0.05) is 24.3 Å². The van der Waals surface area contributed by atoms with Gasteiger partial charge in [-0.2, -0.15) is 4.31 Å². The van der Waals surface area contributed by atoms with Crippen molar-refractivity contribution in [2.45, 2.75) is 24.7 Å². The van der Waals surface area contributed by atoms with Crippen LogP contribution in [0.3, 0.4) is 0 Å². The first-order valence-electron chi connectivity index (χ1n) is 10.3. The van der Waals surface area contributed by atoms with Crippen LogP contribution in [-0.4, -0.2) is 58.3 Å². The van der Waals surface area contributed by atoms with E-state index in [-0.39, 0.29) is 11.5 Å². The molecule has 0 aliphatic carbocycles. The zero-order chi connectivity index (χ0) is 23.0. The summed E-state index contributed by atoms with van der Waals surface area (Å²) in [6, 6.07) is 11.5. The van der Waals surface area contributed by atoms with Crippen LogP contribution in [0.1, 0.15) is 25.3 Å². The molecule has 2 aromatic rings. The number of methoxy groups -OCH3 is 1. The summed E-state index contributed by atoms with van der Waals surface area (Å²) in [4.78, 5) is 17.4. The van der Waals surface area contributed by atoms with Crippen molar-refractivity contribution in [3.05, 3.63) is 48.0 Å². The Labute approximate surface area is 188 Å². The first-order valence-corrected chi connectivity index (χ1v) is 11.7. The molecule has 1 aliphatic heterocycles. The van der Waals surface area contributed by atoms with Gasteiger partial charge < -0.3 is 19.6 Å². The fraction of sp³-hybridized carbons (Fsp3) is 0.364. The van der Waals surface area contributed by atoms with Crippen LogP contribution in [0, 0.1) is 0 Å². The average molecular weight is 462 g/mol. The minimum Gasteiger partial charge on any atom is -0.493 e. The second-order valence-corrected chi connectivity index (χ2v) is 8.98. The Kier molecular flexibility index (Phi) is 8.07. The van der Waals surface area contributed by atoms with Crippen LogP contribution < -0.4 is 14.8 Å². The quantitative estimate of drug-likeness (QED) is 0.431. The second kappa shape index (κ2) is 11.0. The third-order valence-electron chi connectivity index (χ3n) is 4.78. The van der Waals surface area contributed by atoms with E-state index in [0.29, 0.717) is 42.4 Å². The lowest BCUT2D eigenvalue weighted by Gasteiger charge is -2.16. The maximum absolute atomic E-state index is 12.7. The van der Waals surface area contributed by atoms with Crippen LogP contribution >= 0.6 is 0 Å². The predicted molar refractivity (Wildman–Crippen MR) is 121 cm³/mol. The number of hydrogen-bond acceptors (Lipinski definition) is 7. The largest absolute Gasteiger partial charge is 0.493 e. The topological polar surface area (TPSA) is 107 Å². The van der Waals surface area contributed by atoms with Crippen LogP contribution in [-0.2, 0) is 19.7 Å². The highest BCUT2D eigenvalue weighted by Gasteiger charge is 2.27. The molecule has 1 saturated heterocycles. The fourth-order valence-corrected chi connectivity index (χ4v) is 4.81. The highest BCUT2D eigenvalue weighted by Crippen LogP contribution is 2.27. The molecule has 0 atom stereocenters. The maximum atomic E-state index is 12.7. The van der Waals surface area contributed by atoms with Gasteiger partial charge in [-0.15, -0.1) is 0 Å². The SMILES string of the molecule is CCOc1ccc(/C=N/OCC(=O)Nc2cccc(S(=O)(=O)N3CCCC3)c2)cc1OC. The summed E-state index contributed by atoms with van der Waals surface area (Å²) in [5.41, 5.74) is 1.09. The van der Waals surface area contributed by atoms with Gasteiger partial charge in [0.25, 0.3) is 5.91 Å². The smallest absolute Gasteiger partial charge is 0.265 e. The number of benzene rings is 2. The van der Waals surface area contributed by atoms with Crippen molar-refractivity contribution in [1.29, 1.82) is 0 Å². The fourth-order valence-electron chi connectivity index (χ4n) is 3.24. The summed E-state index contributed by atoms with van der Waals surface area (Å²) in [6.45, 7) is 3.12. The van der Waals surface area contributed by atoms with Gasteiger partial charge in [0.1, 0.15) is 0 Å². The molecule has 3 rings (SSSR count). The van der Waals surface area contributed by atoms with Crippen LogP contribution in [0.2, 0.25) is 0 Å². The summed E-state index contributed by atoms with van der Waals surface area (Å²) < 4.78 is 37.5. The standard InChI is InChI=1S/C22H27N3O6S/c1-3-30-20-10-9-17(13-21(20)29-2)15-23-31-16-22(26)24-18-7-6-8-19(14-18)32(27,28)25-11-4-5-12-25/h6-10,13-15H,3-5,11-12,16H2,1-2H3,(H,24,26)/b23-15+. The Bertz CT molecular complexity index is 1070. The van der Waals surface area contributed by atoms with Gasteiger partial charge in [0.05, 0.1) is 24.8 Å². The molecule has 0 unspecified atom stereocenters. The number of amides is 1. The number of sulfonamides is 1. The zero-order valence-corrected chi connectivity index (χ0v) is 18.9. The van der Waals surface area contributed by atoms with Crippen molar-refractivity contribution in [1.82, 2.24) is 4.31 Å². The average Bonchev–Trinajstić information content (AvgIpc) is 3.34. The van der Waals surface area contributed by atoms with E-state index in [1.165, 1.54) is 22.7 Å². The number of hydrogen-bond donors (Lipinski definition) is 1. The maximum Gasteiger partial charge on any atom is 0.265 e. The van der Waals surface area contributed by atoms with Crippen molar-refractivity contribution in [2.24, 2.45) is 5.16 Å². The number of ether oxygens (including phenoxy) is 2. The molecule has 0 radical (unpaired) electrons. The monoisotopic (exact) mass is 461 g/mol. The molecule has 0 bridgehead atoms. The van der Waals surface area contributed by atoms with Crippen LogP contribution in [0.5, 0.6) is 11.5 Å². The molecule has 9 nitrogen and oxygen atoms in total. The molecule has 0 spiro atoms. The highest BCUT2D eigenvalue weighted by molar-refractivity contribution is 7.89. The Morgan fingerprint density at radius 2 is 1.94 bits per heavy atom. The molecular weight excluding hydrogens is 434 g/mol. The minimum atomic E-state index is -3.55. The highest BCUT2D eigenvalue weighted by atomic mass is 32.2. The molecule has 0 aromatic heterocycles. The van der Waals surface area contributed by atoms with Crippen molar-refractivity contribution in [2.75, 3.05) is 38.7 Å². The van der Waals surface area contributed by atoms with Crippen molar-refractivity contribution in [3.8, 4) is 11.5 Å². The van der Waals surface area contributed by atoms with E-state index in [1.54, 1.807) is 37.4 Å². The van der Waals surface area contributed by atoms with Crippen LogP contribution in [0.25, 0.3) is 0 Å². The number of anilines is 1. The number of nitrogens with zero attached hydrogens (tertiary/aromatic N) is 2. The van der Waals surface area contributed by atoms with E-state index >= 15 is 0 Å². The molecule has 32 heavy (non-hydrogen) atoms. The molecule has 172 valence electrons.